The van der Waals surface area contributed by atoms with Crippen molar-refractivity contribution < 1.29 is 9.32 Å². The van der Waals surface area contributed by atoms with Gasteiger partial charge in [0.1, 0.15) is 0 Å². The highest BCUT2D eigenvalue weighted by Crippen LogP contribution is 2.23. The number of rotatable bonds is 5. The first kappa shape index (κ1) is 19.7. The smallest absolute Gasteiger partial charge is 0.228 e. The number of amides is 1. The summed E-state index contributed by atoms with van der Waals surface area (Å²) in [5, 5.41) is 7.55. The lowest BCUT2D eigenvalue weighted by atomic mass is 9.85. The van der Waals surface area contributed by atoms with Gasteiger partial charge in [-0.3, -0.25) is 4.79 Å². The van der Waals surface area contributed by atoms with Crippen molar-refractivity contribution in [3.05, 3.63) is 35.2 Å². The molecule has 8 heteroatoms. The number of carbonyl (C=O) groups excluding carboxylic acids is 1. The van der Waals surface area contributed by atoms with E-state index >= 15 is 0 Å². The molecule has 25 heavy (non-hydrogen) atoms. The zero-order valence-electron chi connectivity index (χ0n) is 13.8. The fourth-order valence-electron chi connectivity index (χ4n) is 2.98. The maximum Gasteiger partial charge on any atom is 0.228 e. The second kappa shape index (κ2) is 9.17. The van der Waals surface area contributed by atoms with Crippen LogP contribution in [0.5, 0.6) is 0 Å². The summed E-state index contributed by atoms with van der Waals surface area (Å²) in [6, 6.07) is 7.38. The third-order valence-electron chi connectivity index (χ3n) is 4.29. The second-order valence-electron chi connectivity index (χ2n) is 6.18. The first-order valence-electron chi connectivity index (χ1n) is 8.23. The van der Waals surface area contributed by atoms with Gasteiger partial charge in [-0.1, -0.05) is 23.2 Å². The molecule has 0 spiro atoms. The molecule has 0 bridgehead atoms. The Morgan fingerprint density at radius 3 is 2.80 bits per heavy atom. The minimum Gasteiger partial charge on any atom is -0.355 e. The van der Waals surface area contributed by atoms with Crippen LogP contribution in [0.1, 0.15) is 31.6 Å². The number of nitrogens with zero attached hydrogens (tertiary/aromatic N) is 2. The summed E-state index contributed by atoms with van der Waals surface area (Å²) in [4.78, 5) is 16.5. The van der Waals surface area contributed by atoms with Crippen molar-refractivity contribution in [2.75, 3.05) is 6.54 Å². The Morgan fingerprint density at radius 1 is 1.32 bits per heavy atom. The number of benzene rings is 1. The molecule has 136 valence electrons. The molecule has 1 aromatic heterocycles. The first-order valence-corrected chi connectivity index (χ1v) is 8.61. The highest BCUT2D eigenvalue weighted by Gasteiger charge is 2.25. The first-order chi connectivity index (χ1) is 11.6. The summed E-state index contributed by atoms with van der Waals surface area (Å²) in [7, 11) is 0. The van der Waals surface area contributed by atoms with Crippen LogP contribution in [0.25, 0.3) is 11.4 Å². The maximum absolute atomic E-state index is 12.1. The Morgan fingerprint density at radius 2 is 2.08 bits per heavy atom. The van der Waals surface area contributed by atoms with Crippen molar-refractivity contribution in [1.29, 1.82) is 0 Å². The lowest BCUT2D eigenvalue weighted by Gasteiger charge is -2.25. The van der Waals surface area contributed by atoms with Crippen molar-refractivity contribution in [1.82, 2.24) is 15.5 Å². The van der Waals surface area contributed by atoms with Crippen LogP contribution in [0, 0.1) is 5.92 Å². The van der Waals surface area contributed by atoms with Gasteiger partial charge in [0.2, 0.25) is 17.6 Å². The molecule has 1 aromatic carbocycles. The van der Waals surface area contributed by atoms with Gasteiger partial charge in [-0.05, 0) is 43.5 Å². The van der Waals surface area contributed by atoms with Crippen LogP contribution in [0.4, 0.5) is 0 Å². The van der Waals surface area contributed by atoms with Gasteiger partial charge in [-0.25, -0.2) is 0 Å². The normalized spacial score (nSPS) is 19.9. The highest BCUT2D eigenvalue weighted by molar-refractivity contribution is 6.30. The van der Waals surface area contributed by atoms with Crippen LogP contribution in [-0.4, -0.2) is 28.6 Å². The summed E-state index contributed by atoms with van der Waals surface area (Å²) in [5.41, 5.74) is 6.77. The Kier molecular flexibility index (Phi) is 7.23. The SMILES string of the molecule is Cl.NC1CCCC(C(=O)NCCc2nc(-c3ccc(Cl)cc3)no2)C1. The molecule has 0 saturated heterocycles. The fourth-order valence-corrected chi connectivity index (χ4v) is 3.10. The average molecular weight is 385 g/mol. The van der Waals surface area contributed by atoms with Gasteiger partial charge < -0.3 is 15.6 Å². The Labute approximate surface area is 157 Å². The number of nitrogens with two attached hydrogens (primary N) is 1. The van der Waals surface area contributed by atoms with E-state index in [9.17, 15) is 4.79 Å². The Bertz CT molecular complexity index is 690. The van der Waals surface area contributed by atoms with Crippen LogP contribution >= 0.6 is 24.0 Å². The van der Waals surface area contributed by atoms with Gasteiger partial charge in [-0.15, -0.1) is 12.4 Å². The molecule has 2 aromatic rings. The molecule has 6 nitrogen and oxygen atoms in total. The highest BCUT2D eigenvalue weighted by atomic mass is 35.5. The van der Waals surface area contributed by atoms with Crippen LogP contribution in [0.15, 0.2) is 28.8 Å². The van der Waals surface area contributed by atoms with Gasteiger partial charge >= 0.3 is 0 Å². The van der Waals surface area contributed by atoms with E-state index in [0.717, 1.165) is 31.2 Å². The lowest BCUT2D eigenvalue weighted by Crippen LogP contribution is -2.38. The van der Waals surface area contributed by atoms with E-state index in [-0.39, 0.29) is 30.3 Å². The molecule has 1 fully saturated rings. The summed E-state index contributed by atoms with van der Waals surface area (Å²) in [5.74, 6) is 1.12. The van der Waals surface area contributed by atoms with E-state index in [1.54, 1.807) is 12.1 Å². The minimum absolute atomic E-state index is 0. The van der Waals surface area contributed by atoms with E-state index in [0.29, 0.717) is 29.7 Å². The van der Waals surface area contributed by atoms with Gasteiger partial charge in [0.05, 0.1) is 0 Å². The predicted octanol–water partition coefficient (Wildman–Crippen LogP) is 2.99. The van der Waals surface area contributed by atoms with Gasteiger partial charge in [-0.2, -0.15) is 4.98 Å². The van der Waals surface area contributed by atoms with E-state index in [1.807, 2.05) is 12.1 Å². The zero-order valence-corrected chi connectivity index (χ0v) is 15.4. The molecular weight excluding hydrogens is 363 g/mol. The van der Waals surface area contributed by atoms with Crippen LogP contribution < -0.4 is 11.1 Å². The molecule has 1 amide bonds. The molecule has 1 aliphatic rings. The molecule has 3 N–H and O–H groups in total. The standard InChI is InChI=1S/C17H21ClN4O2.ClH/c18-13-6-4-11(5-7-13)16-21-15(24-22-16)8-9-20-17(23)12-2-1-3-14(19)10-12;/h4-7,12,14H,1-3,8-10,19H2,(H,20,23);1H. The van der Waals surface area contributed by atoms with Crippen molar-refractivity contribution in [3.8, 4) is 11.4 Å². The number of hydrogen-bond acceptors (Lipinski definition) is 5. The van der Waals surface area contributed by atoms with Crippen molar-refractivity contribution >= 4 is 29.9 Å². The zero-order chi connectivity index (χ0) is 16.9. The largest absolute Gasteiger partial charge is 0.355 e. The second-order valence-corrected chi connectivity index (χ2v) is 6.62. The quantitative estimate of drug-likeness (QED) is 0.825. The number of nitrogens with one attached hydrogen (secondary N) is 1. The lowest BCUT2D eigenvalue weighted by molar-refractivity contribution is -0.126. The van der Waals surface area contributed by atoms with Crippen molar-refractivity contribution in [3.63, 3.8) is 0 Å². The molecular formula is C17H22Cl2N4O2. The topological polar surface area (TPSA) is 94.0 Å². The van der Waals surface area contributed by atoms with Crippen LogP contribution in [0.2, 0.25) is 5.02 Å². The number of aromatic nitrogens is 2. The van der Waals surface area contributed by atoms with E-state index in [4.69, 9.17) is 21.9 Å². The van der Waals surface area contributed by atoms with Crippen molar-refractivity contribution in [2.24, 2.45) is 11.7 Å². The summed E-state index contributed by atoms with van der Waals surface area (Å²) >= 11 is 5.86. The third-order valence-corrected chi connectivity index (χ3v) is 4.55. The van der Waals surface area contributed by atoms with Gasteiger partial charge in [0, 0.05) is 35.5 Å². The molecule has 1 aliphatic carbocycles. The average Bonchev–Trinajstić information content (AvgIpc) is 3.04. The molecule has 3 rings (SSSR count). The van der Waals surface area contributed by atoms with Crippen molar-refractivity contribution in [2.45, 2.75) is 38.1 Å². The summed E-state index contributed by atoms with van der Waals surface area (Å²) in [6.07, 6.45) is 4.23. The number of carbonyl (C=O) groups is 1. The molecule has 1 saturated carbocycles. The van der Waals surface area contributed by atoms with E-state index in [1.165, 1.54) is 0 Å². The maximum atomic E-state index is 12.1. The number of hydrogen-bond donors (Lipinski definition) is 2. The fraction of sp³-hybridized carbons (Fsp3) is 0.471. The monoisotopic (exact) mass is 384 g/mol. The third kappa shape index (κ3) is 5.42. The van der Waals surface area contributed by atoms with Crippen LogP contribution in [-0.2, 0) is 11.2 Å². The predicted molar refractivity (Wildman–Crippen MR) is 98.6 cm³/mol. The molecule has 1 heterocycles. The van der Waals surface area contributed by atoms with E-state index in [2.05, 4.69) is 15.5 Å². The molecule has 2 unspecified atom stereocenters. The van der Waals surface area contributed by atoms with Gasteiger partial charge in [0.15, 0.2) is 0 Å². The van der Waals surface area contributed by atoms with Crippen LogP contribution in [0.3, 0.4) is 0 Å². The summed E-state index contributed by atoms with van der Waals surface area (Å²) < 4.78 is 5.23. The number of halogens is 2. The minimum atomic E-state index is 0. The van der Waals surface area contributed by atoms with E-state index < -0.39 is 0 Å². The Hall–Kier alpha value is -1.63. The molecule has 0 radical (unpaired) electrons. The summed E-state index contributed by atoms with van der Waals surface area (Å²) in [6.45, 7) is 0.479. The molecule has 0 aliphatic heterocycles. The van der Waals surface area contributed by atoms with Gasteiger partial charge in [0.25, 0.3) is 0 Å². The Balaban J connectivity index is 0.00000225. The molecule has 2 atom stereocenters.